The number of carbonyl (C=O) groups is 1. The van der Waals surface area contributed by atoms with Gasteiger partial charge in [0.15, 0.2) is 0 Å². The quantitative estimate of drug-likeness (QED) is 0.360. The molecule has 4 aromatic rings. The maximum absolute atomic E-state index is 12.5. The average Bonchev–Trinajstić information content (AvgIpc) is 2.89. The summed E-state index contributed by atoms with van der Waals surface area (Å²) >= 11 is 0. The van der Waals surface area contributed by atoms with Crippen molar-refractivity contribution >= 4 is 16.7 Å². The van der Waals surface area contributed by atoms with E-state index in [1.54, 1.807) is 0 Å². The Kier molecular flexibility index (Phi) is 9.18. The van der Waals surface area contributed by atoms with E-state index in [0.717, 1.165) is 24.8 Å². The van der Waals surface area contributed by atoms with E-state index in [1.807, 2.05) is 19.2 Å². The largest absolute Gasteiger partial charge is 0.493 e. The highest BCUT2D eigenvalue weighted by molar-refractivity contribution is 5.87. The molecule has 5 rings (SSSR count). The van der Waals surface area contributed by atoms with Crippen molar-refractivity contribution in [2.45, 2.75) is 25.8 Å². The van der Waals surface area contributed by atoms with Gasteiger partial charge in [-0.1, -0.05) is 72.8 Å². The summed E-state index contributed by atoms with van der Waals surface area (Å²) in [7, 11) is 1.99. The van der Waals surface area contributed by atoms with Crippen molar-refractivity contribution in [1.82, 2.24) is 5.32 Å². The van der Waals surface area contributed by atoms with E-state index in [0.29, 0.717) is 6.04 Å². The van der Waals surface area contributed by atoms with Crippen molar-refractivity contribution < 1.29 is 19.0 Å². The second-order valence-electron chi connectivity index (χ2n) is 7.92. The Hall–Kier alpha value is -3.70. The van der Waals surface area contributed by atoms with E-state index in [-0.39, 0.29) is 5.56 Å². The lowest BCUT2D eigenvalue weighted by molar-refractivity contribution is 0.0692. The van der Waals surface area contributed by atoms with Gasteiger partial charge < -0.3 is 15.2 Å². The number of rotatable bonds is 3. The minimum atomic E-state index is -1.24. The molecule has 1 heterocycles. The second kappa shape index (κ2) is 12.5. The number of benzene rings is 4. The molecule has 0 radical (unpaired) electrons. The molecule has 0 aromatic heterocycles. The highest BCUT2D eigenvalue weighted by Crippen LogP contribution is 2.24. The Morgan fingerprint density at radius 2 is 1.62 bits per heavy atom. The van der Waals surface area contributed by atoms with Crippen LogP contribution in [0.2, 0.25) is 0 Å². The fourth-order valence-electron chi connectivity index (χ4n) is 3.71. The molecule has 0 bridgehead atoms. The molecule has 4 aromatic carbocycles. The van der Waals surface area contributed by atoms with Gasteiger partial charge in [-0.15, -0.1) is 0 Å². The standard InChI is InChI=1S/C13H15N.C9H10O.C7H5FO2/c1-10(14-2)12-9-5-7-11-6-3-4-8-13(11)12;1-2-6-9-8(4-1)5-3-7-10-9;8-6-4-2-1-3-5(6)7(9)10/h3-10,14H,1-2H3;1-2,4,6H,3,5,7H2;1-4H,(H,9,10)/t10-;;/m1../s1. The molecule has 0 aliphatic carbocycles. The van der Waals surface area contributed by atoms with Crippen LogP contribution in [0.5, 0.6) is 5.75 Å². The summed E-state index contributed by atoms with van der Waals surface area (Å²) in [6.07, 6.45) is 2.34. The maximum atomic E-state index is 12.5. The van der Waals surface area contributed by atoms with E-state index in [2.05, 4.69) is 66.8 Å². The molecule has 34 heavy (non-hydrogen) atoms. The molecule has 0 saturated carbocycles. The molecule has 0 amide bonds. The van der Waals surface area contributed by atoms with Gasteiger partial charge in [-0.2, -0.15) is 0 Å². The lowest BCUT2D eigenvalue weighted by Crippen LogP contribution is -2.12. The number of carboxylic acid groups (broad SMARTS) is 1. The first-order chi connectivity index (χ1) is 16.5. The minimum Gasteiger partial charge on any atom is -0.493 e. The number of halogens is 1. The average molecular weight is 460 g/mol. The number of hydrogen-bond donors (Lipinski definition) is 2. The van der Waals surface area contributed by atoms with Gasteiger partial charge in [0, 0.05) is 6.04 Å². The maximum Gasteiger partial charge on any atom is 0.338 e. The van der Waals surface area contributed by atoms with E-state index in [9.17, 15) is 9.18 Å². The zero-order chi connectivity index (χ0) is 24.3. The molecule has 4 nitrogen and oxygen atoms in total. The first-order valence-electron chi connectivity index (χ1n) is 11.3. The third-order valence-electron chi connectivity index (χ3n) is 5.65. The van der Waals surface area contributed by atoms with Gasteiger partial charge in [0.1, 0.15) is 11.6 Å². The fraction of sp³-hybridized carbons (Fsp3) is 0.207. The zero-order valence-electron chi connectivity index (χ0n) is 19.5. The first kappa shape index (κ1) is 24.9. The fourth-order valence-corrected chi connectivity index (χ4v) is 3.71. The van der Waals surface area contributed by atoms with Crippen molar-refractivity contribution in [3.05, 3.63) is 114 Å². The van der Waals surface area contributed by atoms with Crippen LogP contribution in [-0.4, -0.2) is 24.7 Å². The van der Waals surface area contributed by atoms with Gasteiger partial charge in [0.2, 0.25) is 0 Å². The predicted molar refractivity (Wildman–Crippen MR) is 135 cm³/mol. The number of fused-ring (bicyclic) bond motifs is 2. The van der Waals surface area contributed by atoms with Crippen LogP contribution < -0.4 is 10.1 Å². The molecule has 1 atom stereocenters. The molecule has 176 valence electrons. The van der Waals surface area contributed by atoms with Crippen LogP contribution in [-0.2, 0) is 6.42 Å². The molecule has 0 unspecified atom stereocenters. The predicted octanol–water partition coefficient (Wildman–Crippen LogP) is 6.66. The van der Waals surface area contributed by atoms with Crippen LogP contribution in [0, 0.1) is 5.82 Å². The summed E-state index contributed by atoms with van der Waals surface area (Å²) in [5.74, 6) is -0.859. The third kappa shape index (κ3) is 6.65. The second-order valence-corrected chi connectivity index (χ2v) is 7.92. The summed E-state index contributed by atoms with van der Waals surface area (Å²) in [6, 6.07) is 28.9. The molecule has 1 aliphatic rings. The summed E-state index contributed by atoms with van der Waals surface area (Å²) in [5.41, 5.74) is 2.43. The smallest absolute Gasteiger partial charge is 0.338 e. The Morgan fingerprint density at radius 3 is 2.32 bits per heavy atom. The van der Waals surface area contributed by atoms with Gasteiger partial charge >= 0.3 is 5.97 Å². The van der Waals surface area contributed by atoms with Crippen LogP contribution >= 0.6 is 0 Å². The van der Waals surface area contributed by atoms with E-state index < -0.39 is 11.8 Å². The number of aromatic carboxylic acids is 1. The molecular weight excluding hydrogens is 429 g/mol. The van der Waals surface area contributed by atoms with Crippen molar-refractivity contribution in [3.63, 3.8) is 0 Å². The molecule has 0 saturated heterocycles. The molecule has 2 N–H and O–H groups in total. The van der Waals surface area contributed by atoms with Crippen LogP contribution in [0.3, 0.4) is 0 Å². The Balaban J connectivity index is 0.000000146. The number of ether oxygens (including phenoxy) is 1. The van der Waals surface area contributed by atoms with Crippen LogP contribution in [0.1, 0.15) is 40.9 Å². The van der Waals surface area contributed by atoms with Gasteiger partial charge in [0.25, 0.3) is 0 Å². The van der Waals surface area contributed by atoms with E-state index in [1.165, 1.54) is 46.5 Å². The summed E-state index contributed by atoms with van der Waals surface area (Å²) in [5, 5.41) is 14.3. The van der Waals surface area contributed by atoms with Gasteiger partial charge in [-0.25, -0.2) is 9.18 Å². The topological polar surface area (TPSA) is 58.6 Å². The highest BCUT2D eigenvalue weighted by atomic mass is 19.1. The van der Waals surface area contributed by atoms with Crippen LogP contribution in [0.25, 0.3) is 10.8 Å². The summed E-state index contributed by atoms with van der Waals surface area (Å²) in [4.78, 5) is 10.2. The number of nitrogens with one attached hydrogen (secondary N) is 1. The molecule has 1 aliphatic heterocycles. The van der Waals surface area contributed by atoms with Crippen LogP contribution in [0.15, 0.2) is 91.0 Å². The number of hydrogen-bond acceptors (Lipinski definition) is 3. The van der Waals surface area contributed by atoms with Crippen molar-refractivity contribution in [3.8, 4) is 5.75 Å². The monoisotopic (exact) mass is 459 g/mol. The Labute approximate surface area is 200 Å². The van der Waals surface area contributed by atoms with Gasteiger partial charge in [-0.3, -0.25) is 0 Å². The van der Waals surface area contributed by atoms with E-state index >= 15 is 0 Å². The normalized spacial score (nSPS) is 12.7. The van der Waals surface area contributed by atoms with Gasteiger partial charge in [-0.05, 0) is 66.9 Å². The van der Waals surface area contributed by atoms with Crippen molar-refractivity contribution in [1.29, 1.82) is 0 Å². The van der Waals surface area contributed by atoms with E-state index in [4.69, 9.17) is 9.84 Å². The van der Waals surface area contributed by atoms with Crippen LogP contribution in [0.4, 0.5) is 4.39 Å². The number of carboxylic acids is 1. The molecule has 0 spiro atoms. The molecule has 0 fully saturated rings. The zero-order valence-corrected chi connectivity index (χ0v) is 19.5. The summed E-state index contributed by atoms with van der Waals surface area (Å²) in [6.45, 7) is 3.07. The Morgan fingerprint density at radius 1 is 0.941 bits per heavy atom. The summed E-state index contributed by atoms with van der Waals surface area (Å²) < 4.78 is 17.9. The number of aryl methyl sites for hydroxylation is 1. The van der Waals surface area contributed by atoms with Crippen molar-refractivity contribution in [2.24, 2.45) is 0 Å². The molecule has 5 heteroatoms. The lowest BCUT2D eigenvalue weighted by Gasteiger charge is -2.15. The van der Waals surface area contributed by atoms with Crippen molar-refractivity contribution in [2.75, 3.05) is 13.7 Å². The number of para-hydroxylation sites is 1. The first-order valence-corrected chi connectivity index (χ1v) is 11.3. The third-order valence-corrected chi connectivity index (χ3v) is 5.65. The highest BCUT2D eigenvalue weighted by Gasteiger charge is 2.08. The SMILES string of the molecule is CN[C@H](C)c1cccc2ccccc12.O=C(O)c1ccccc1F.c1ccc2c(c1)CCCO2. The van der Waals surface area contributed by atoms with Gasteiger partial charge in [0.05, 0.1) is 12.2 Å². The Bertz CT molecular complexity index is 1190. The minimum absolute atomic E-state index is 0.289. The molecular formula is C29H30FNO3. The lowest BCUT2D eigenvalue weighted by atomic mass is 10.00.